The second-order valence-electron chi connectivity index (χ2n) is 8.72. The largest absolute Gasteiger partial charge is 0.496 e. The number of carbonyl (C=O) groups is 2. The lowest BCUT2D eigenvalue weighted by Gasteiger charge is -2.39. The van der Waals surface area contributed by atoms with Crippen LogP contribution in [0.15, 0.2) is 72.9 Å². The molecule has 1 unspecified atom stereocenters. The van der Waals surface area contributed by atoms with E-state index in [-0.39, 0.29) is 30.6 Å². The summed E-state index contributed by atoms with van der Waals surface area (Å²) in [6.45, 7) is 5.54. The number of hydrogen-bond donors (Lipinski definition) is 1. The van der Waals surface area contributed by atoms with E-state index in [1.54, 1.807) is 12.0 Å². The number of fused-ring (bicyclic) bond motifs is 1. The molecule has 0 fully saturated rings. The van der Waals surface area contributed by atoms with Crippen LogP contribution in [0.1, 0.15) is 36.7 Å². The minimum Gasteiger partial charge on any atom is -0.496 e. The maximum atomic E-state index is 13.7. The fourth-order valence-corrected chi connectivity index (χ4v) is 4.47. The first-order valence-electron chi connectivity index (χ1n) is 11.7. The molecule has 1 N–H and O–H groups in total. The molecular weight excluding hydrogens is 428 g/mol. The zero-order chi connectivity index (χ0) is 24.1. The van der Waals surface area contributed by atoms with Gasteiger partial charge in [-0.25, -0.2) is 4.79 Å². The number of hydrogen-bond acceptors (Lipinski definition) is 3. The van der Waals surface area contributed by atoms with Gasteiger partial charge in [-0.05, 0) is 37.6 Å². The molecule has 0 radical (unpaired) electrons. The average Bonchev–Trinajstić information content (AvgIpc) is 3.34. The van der Waals surface area contributed by atoms with Crippen LogP contribution in [0.3, 0.4) is 0 Å². The van der Waals surface area contributed by atoms with Gasteiger partial charge in [-0.15, -0.1) is 0 Å². The van der Waals surface area contributed by atoms with Gasteiger partial charge in [-0.2, -0.15) is 0 Å². The summed E-state index contributed by atoms with van der Waals surface area (Å²) in [6.07, 6.45) is 2.04. The highest BCUT2D eigenvalue weighted by Crippen LogP contribution is 2.37. The van der Waals surface area contributed by atoms with Gasteiger partial charge >= 0.3 is 6.03 Å². The smallest absolute Gasteiger partial charge is 0.318 e. The van der Waals surface area contributed by atoms with Crippen LogP contribution in [-0.2, 0) is 17.9 Å². The Morgan fingerprint density at radius 1 is 1.03 bits per heavy atom. The van der Waals surface area contributed by atoms with Gasteiger partial charge in [-0.1, -0.05) is 48.5 Å². The number of carbonyl (C=O) groups excluding carboxylic acids is 2. The van der Waals surface area contributed by atoms with Crippen molar-refractivity contribution >= 4 is 11.9 Å². The normalized spacial score (nSPS) is 15.1. The Balaban J connectivity index is 1.55. The Morgan fingerprint density at radius 2 is 1.76 bits per heavy atom. The molecule has 0 saturated carbocycles. The van der Waals surface area contributed by atoms with E-state index in [1.165, 1.54) is 0 Å². The summed E-state index contributed by atoms with van der Waals surface area (Å²) in [4.78, 5) is 30.1. The molecule has 2 heterocycles. The van der Waals surface area contributed by atoms with Crippen molar-refractivity contribution in [1.29, 1.82) is 0 Å². The summed E-state index contributed by atoms with van der Waals surface area (Å²) in [5.41, 5.74) is 2.98. The molecule has 3 amide bonds. The summed E-state index contributed by atoms with van der Waals surface area (Å²) in [5.74, 6) is 0.646. The number of ether oxygens (including phenoxy) is 1. The van der Waals surface area contributed by atoms with E-state index in [0.717, 1.165) is 22.6 Å². The molecule has 3 aromatic rings. The first kappa shape index (κ1) is 23.4. The lowest BCUT2D eigenvalue weighted by Crippen LogP contribution is -2.51. The maximum Gasteiger partial charge on any atom is 0.318 e. The van der Waals surface area contributed by atoms with Crippen LogP contribution in [-0.4, -0.2) is 52.5 Å². The van der Waals surface area contributed by atoms with Crippen molar-refractivity contribution in [3.63, 3.8) is 0 Å². The van der Waals surface area contributed by atoms with Crippen LogP contribution in [0.4, 0.5) is 4.79 Å². The van der Waals surface area contributed by atoms with E-state index in [9.17, 15) is 9.59 Å². The molecule has 1 aromatic heterocycles. The van der Waals surface area contributed by atoms with Gasteiger partial charge in [0, 0.05) is 43.1 Å². The Labute approximate surface area is 200 Å². The Morgan fingerprint density at radius 3 is 2.50 bits per heavy atom. The van der Waals surface area contributed by atoms with Crippen molar-refractivity contribution in [1.82, 2.24) is 19.7 Å². The molecular formula is C27H32N4O3. The number of nitrogens with zero attached hydrogens (tertiary/aromatic N) is 3. The SMILES string of the molecule is COc1ccccc1C1c2cccn2CCN1C(=O)CN(C(=O)NCc1ccccc1)C(C)C. The van der Waals surface area contributed by atoms with E-state index in [0.29, 0.717) is 19.6 Å². The van der Waals surface area contributed by atoms with Crippen molar-refractivity contribution in [3.05, 3.63) is 89.7 Å². The van der Waals surface area contributed by atoms with Gasteiger partial charge < -0.3 is 24.4 Å². The highest BCUT2D eigenvalue weighted by atomic mass is 16.5. The molecule has 0 bridgehead atoms. The summed E-state index contributed by atoms with van der Waals surface area (Å²) in [6, 6.07) is 20.9. The van der Waals surface area contributed by atoms with E-state index >= 15 is 0 Å². The van der Waals surface area contributed by atoms with Crippen molar-refractivity contribution in [3.8, 4) is 5.75 Å². The van der Waals surface area contributed by atoms with Gasteiger partial charge in [-0.3, -0.25) is 4.79 Å². The number of aromatic nitrogens is 1. The van der Waals surface area contributed by atoms with Crippen molar-refractivity contribution in [2.45, 2.75) is 39.0 Å². The number of nitrogens with one attached hydrogen (secondary N) is 1. The third-order valence-corrected chi connectivity index (χ3v) is 6.27. The zero-order valence-electron chi connectivity index (χ0n) is 20.0. The second kappa shape index (κ2) is 10.5. The average molecular weight is 461 g/mol. The molecule has 2 aromatic carbocycles. The Kier molecular flexibility index (Phi) is 7.21. The summed E-state index contributed by atoms with van der Waals surface area (Å²) in [7, 11) is 1.64. The number of methoxy groups -OCH3 is 1. The van der Waals surface area contributed by atoms with Crippen LogP contribution in [0.2, 0.25) is 0 Å². The van der Waals surface area contributed by atoms with Crippen molar-refractivity contribution < 1.29 is 14.3 Å². The van der Waals surface area contributed by atoms with E-state index in [4.69, 9.17) is 4.74 Å². The van der Waals surface area contributed by atoms with Crippen LogP contribution in [0.5, 0.6) is 5.75 Å². The monoisotopic (exact) mass is 460 g/mol. The first-order chi connectivity index (χ1) is 16.5. The fourth-order valence-electron chi connectivity index (χ4n) is 4.47. The number of urea groups is 1. The molecule has 4 rings (SSSR count). The first-order valence-corrected chi connectivity index (χ1v) is 11.7. The minimum absolute atomic E-state index is 0.00461. The van der Waals surface area contributed by atoms with Crippen molar-refractivity contribution in [2.75, 3.05) is 20.2 Å². The van der Waals surface area contributed by atoms with Gasteiger partial charge in [0.1, 0.15) is 18.3 Å². The predicted octanol–water partition coefficient (Wildman–Crippen LogP) is 4.05. The Hall–Kier alpha value is -3.74. The third-order valence-electron chi connectivity index (χ3n) is 6.27. The van der Waals surface area contributed by atoms with E-state index in [1.807, 2.05) is 91.7 Å². The van der Waals surface area contributed by atoms with Gasteiger partial charge in [0.25, 0.3) is 0 Å². The fraction of sp³-hybridized carbons (Fsp3) is 0.333. The molecule has 7 heteroatoms. The summed E-state index contributed by atoms with van der Waals surface area (Å²) >= 11 is 0. The topological polar surface area (TPSA) is 66.8 Å². The highest BCUT2D eigenvalue weighted by Gasteiger charge is 2.35. The Bertz CT molecular complexity index is 1130. The molecule has 1 aliphatic heterocycles. The number of benzene rings is 2. The van der Waals surface area contributed by atoms with Gasteiger partial charge in [0.15, 0.2) is 0 Å². The summed E-state index contributed by atoms with van der Waals surface area (Å²) in [5, 5.41) is 2.95. The number of rotatable bonds is 7. The van der Waals surface area contributed by atoms with Crippen LogP contribution in [0, 0.1) is 0 Å². The second-order valence-corrected chi connectivity index (χ2v) is 8.72. The molecule has 34 heavy (non-hydrogen) atoms. The summed E-state index contributed by atoms with van der Waals surface area (Å²) < 4.78 is 7.80. The molecule has 1 atom stereocenters. The van der Waals surface area contributed by atoms with Crippen molar-refractivity contribution in [2.24, 2.45) is 0 Å². The number of amides is 3. The zero-order valence-corrected chi connectivity index (χ0v) is 20.0. The molecule has 7 nitrogen and oxygen atoms in total. The molecule has 0 aliphatic carbocycles. The minimum atomic E-state index is -0.284. The lowest BCUT2D eigenvalue weighted by molar-refractivity contribution is -0.134. The highest BCUT2D eigenvalue weighted by molar-refractivity contribution is 5.85. The van der Waals surface area contributed by atoms with Gasteiger partial charge in [0.2, 0.25) is 5.91 Å². The molecule has 1 aliphatic rings. The van der Waals surface area contributed by atoms with Crippen LogP contribution in [0.25, 0.3) is 0 Å². The van der Waals surface area contributed by atoms with E-state index < -0.39 is 0 Å². The van der Waals surface area contributed by atoms with Crippen LogP contribution < -0.4 is 10.1 Å². The van der Waals surface area contributed by atoms with Crippen LogP contribution >= 0.6 is 0 Å². The number of para-hydroxylation sites is 1. The third kappa shape index (κ3) is 4.93. The van der Waals surface area contributed by atoms with E-state index in [2.05, 4.69) is 9.88 Å². The molecule has 178 valence electrons. The predicted molar refractivity (Wildman–Crippen MR) is 132 cm³/mol. The molecule has 0 saturated heterocycles. The quantitative estimate of drug-likeness (QED) is 0.579. The van der Waals surface area contributed by atoms with Gasteiger partial charge in [0.05, 0.1) is 7.11 Å². The standard InChI is InChI=1S/C27H32N4O3/c1-20(2)31(27(33)28-18-21-10-5-4-6-11-21)19-25(32)30-17-16-29-15-9-13-23(29)26(30)22-12-7-8-14-24(22)34-3/h4-15,20,26H,16-19H2,1-3H3,(H,28,33). The maximum absolute atomic E-state index is 13.7. The lowest BCUT2D eigenvalue weighted by atomic mass is 9.98. The molecule has 0 spiro atoms.